The summed E-state index contributed by atoms with van der Waals surface area (Å²) in [4.78, 5) is 14.0. The number of hydrogen-bond acceptors (Lipinski definition) is 3. The Morgan fingerprint density at radius 1 is 1.15 bits per heavy atom. The lowest BCUT2D eigenvalue weighted by Crippen LogP contribution is -2.35. The summed E-state index contributed by atoms with van der Waals surface area (Å²) in [5, 5.41) is 6.73. The second kappa shape index (κ2) is 8.05. The van der Waals surface area contributed by atoms with E-state index >= 15 is 0 Å². The van der Waals surface area contributed by atoms with E-state index in [-0.39, 0.29) is 18.1 Å². The molecule has 0 spiro atoms. The Kier molecular flexibility index (Phi) is 6.25. The van der Waals surface area contributed by atoms with Crippen molar-refractivity contribution in [3.63, 3.8) is 0 Å². The summed E-state index contributed by atoms with van der Waals surface area (Å²) in [5.74, 6) is -1.60. The van der Waals surface area contributed by atoms with Crippen LogP contribution in [0.25, 0.3) is 5.69 Å². The lowest BCUT2D eigenvalue weighted by Gasteiger charge is -2.20. The van der Waals surface area contributed by atoms with Crippen molar-refractivity contribution < 1.29 is 22.4 Å². The zero-order valence-electron chi connectivity index (χ0n) is 13.6. The van der Waals surface area contributed by atoms with Gasteiger partial charge in [0.2, 0.25) is 0 Å². The average Bonchev–Trinajstić information content (AvgIpc) is 2.83. The fraction of sp³-hybridized carbons (Fsp3) is 0.375. The van der Waals surface area contributed by atoms with E-state index in [1.807, 2.05) is 0 Å². The number of rotatable bonds is 2. The van der Waals surface area contributed by atoms with Gasteiger partial charge in [-0.25, -0.2) is 9.07 Å². The lowest BCUT2D eigenvalue weighted by atomic mass is 10.2. The van der Waals surface area contributed by atoms with Gasteiger partial charge in [0, 0.05) is 19.6 Å². The smallest absolute Gasteiger partial charge is 0.337 e. The van der Waals surface area contributed by atoms with Crippen LogP contribution >= 0.6 is 12.4 Å². The molecule has 0 unspecified atom stereocenters. The SMILES string of the molecule is Cl.O=C(c1cnn(-c2ccccc2F)c1C(F)(F)F)N1CCCNCC1. The van der Waals surface area contributed by atoms with Crippen LogP contribution in [0.4, 0.5) is 17.6 Å². The molecule has 0 radical (unpaired) electrons. The third-order valence-electron chi connectivity index (χ3n) is 3.98. The summed E-state index contributed by atoms with van der Waals surface area (Å²) in [6.07, 6.45) is -3.35. The first kappa shape index (κ1) is 20.2. The van der Waals surface area contributed by atoms with Crippen LogP contribution in [-0.4, -0.2) is 46.8 Å². The second-order valence-electron chi connectivity index (χ2n) is 5.66. The van der Waals surface area contributed by atoms with Gasteiger partial charge < -0.3 is 10.2 Å². The molecule has 0 aliphatic carbocycles. The third kappa shape index (κ3) is 3.99. The van der Waals surface area contributed by atoms with Crippen LogP contribution in [0.2, 0.25) is 0 Å². The predicted molar refractivity (Wildman–Crippen MR) is 89.2 cm³/mol. The van der Waals surface area contributed by atoms with Crippen molar-refractivity contribution in [1.29, 1.82) is 0 Å². The predicted octanol–water partition coefficient (Wildman–Crippen LogP) is 2.89. The van der Waals surface area contributed by atoms with Crippen LogP contribution < -0.4 is 5.32 Å². The monoisotopic (exact) mass is 392 g/mol. The zero-order chi connectivity index (χ0) is 18.0. The summed E-state index contributed by atoms with van der Waals surface area (Å²) in [7, 11) is 0. The molecule has 1 amide bonds. The van der Waals surface area contributed by atoms with Gasteiger partial charge in [-0.3, -0.25) is 4.79 Å². The number of alkyl halides is 3. The standard InChI is InChI=1S/C16H16F4N4O.ClH/c17-12-4-1-2-5-13(12)24-14(16(18,19)20)11(10-22-24)15(25)23-8-3-6-21-7-9-23;/h1-2,4-5,10,21H,3,6-9H2;1H. The Hall–Kier alpha value is -2.13. The lowest BCUT2D eigenvalue weighted by molar-refractivity contribution is -0.143. The fourth-order valence-corrected chi connectivity index (χ4v) is 2.80. The number of nitrogens with one attached hydrogen (secondary N) is 1. The number of para-hydroxylation sites is 1. The molecule has 0 atom stereocenters. The van der Waals surface area contributed by atoms with Crippen LogP contribution in [-0.2, 0) is 6.18 Å². The molecular formula is C16H17ClF4N4O. The molecule has 0 saturated carbocycles. The summed E-state index contributed by atoms with van der Waals surface area (Å²) in [5.41, 5.74) is -2.19. The molecule has 1 aromatic heterocycles. The van der Waals surface area contributed by atoms with Crippen LogP contribution in [0, 0.1) is 5.82 Å². The maximum Gasteiger partial charge on any atom is 0.434 e. The minimum atomic E-state index is -4.85. The largest absolute Gasteiger partial charge is 0.434 e. The first-order chi connectivity index (χ1) is 11.9. The van der Waals surface area contributed by atoms with Gasteiger partial charge in [0.25, 0.3) is 5.91 Å². The summed E-state index contributed by atoms with van der Waals surface area (Å²) in [6, 6.07) is 4.99. The van der Waals surface area contributed by atoms with Crippen molar-refractivity contribution in [1.82, 2.24) is 20.0 Å². The Morgan fingerprint density at radius 3 is 2.58 bits per heavy atom. The summed E-state index contributed by atoms with van der Waals surface area (Å²) in [6.45, 7) is 1.87. The first-order valence-corrected chi connectivity index (χ1v) is 7.79. The highest BCUT2D eigenvalue weighted by atomic mass is 35.5. The van der Waals surface area contributed by atoms with Crippen molar-refractivity contribution in [3.8, 4) is 5.69 Å². The number of aromatic nitrogens is 2. The fourth-order valence-electron chi connectivity index (χ4n) is 2.80. The molecule has 1 fully saturated rings. The van der Waals surface area contributed by atoms with Gasteiger partial charge in [0.15, 0.2) is 5.69 Å². The minimum absolute atomic E-state index is 0. The molecule has 26 heavy (non-hydrogen) atoms. The van der Waals surface area contributed by atoms with Crippen molar-refractivity contribution in [2.45, 2.75) is 12.6 Å². The number of carbonyl (C=O) groups is 1. The van der Waals surface area contributed by atoms with Gasteiger partial charge in [-0.05, 0) is 25.1 Å². The molecule has 2 heterocycles. The van der Waals surface area contributed by atoms with E-state index in [1.54, 1.807) is 0 Å². The number of halogens is 5. The highest BCUT2D eigenvalue weighted by Gasteiger charge is 2.41. The minimum Gasteiger partial charge on any atom is -0.337 e. The number of nitrogens with zero attached hydrogens (tertiary/aromatic N) is 3. The van der Waals surface area contributed by atoms with E-state index in [1.165, 1.54) is 23.1 Å². The van der Waals surface area contributed by atoms with Gasteiger partial charge in [0.1, 0.15) is 11.5 Å². The van der Waals surface area contributed by atoms with Gasteiger partial charge in [-0.1, -0.05) is 12.1 Å². The Morgan fingerprint density at radius 2 is 1.88 bits per heavy atom. The molecule has 1 aliphatic rings. The van der Waals surface area contributed by atoms with E-state index in [9.17, 15) is 22.4 Å². The zero-order valence-corrected chi connectivity index (χ0v) is 14.4. The van der Waals surface area contributed by atoms with Gasteiger partial charge in [-0.15, -0.1) is 12.4 Å². The van der Waals surface area contributed by atoms with Crippen molar-refractivity contribution >= 4 is 18.3 Å². The molecule has 5 nitrogen and oxygen atoms in total. The maximum atomic E-state index is 13.9. The molecule has 1 saturated heterocycles. The second-order valence-corrected chi connectivity index (χ2v) is 5.66. The topological polar surface area (TPSA) is 50.2 Å². The number of carbonyl (C=O) groups excluding carboxylic acids is 1. The molecular weight excluding hydrogens is 376 g/mol. The molecule has 0 bridgehead atoms. The van der Waals surface area contributed by atoms with E-state index < -0.39 is 29.2 Å². The number of hydrogen-bond donors (Lipinski definition) is 1. The normalized spacial score (nSPS) is 15.3. The van der Waals surface area contributed by atoms with Crippen molar-refractivity contribution in [2.75, 3.05) is 26.2 Å². The number of amides is 1. The van der Waals surface area contributed by atoms with E-state index in [4.69, 9.17) is 0 Å². The Bertz CT molecular complexity index is 770. The van der Waals surface area contributed by atoms with Gasteiger partial charge in [-0.2, -0.15) is 18.3 Å². The molecule has 1 N–H and O–H groups in total. The first-order valence-electron chi connectivity index (χ1n) is 7.79. The molecule has 3 rings (SSSR count). The number of benzene rings is 1. The van der Waals surface area contributed by atoms with Crippen molar-refractivity contribution in [3.05, 3.63) is 47.5 Å². The van der Waals surface area contributed by atoms with Crippen LogP contribution in [0.1, 0.15) is 22.5 Å². The molecule has 10 heteroatoms. The van der Waals surface area contributed by atoms with Crippen LogP contribution in [0.5, 0.6) is 0 Å². The third-order valence-corrected chi connectivity index (χ3v) is 3.98. The van der Waals surface area contributed by atoms with Gasteiger partial charge in [0.05, 0.1) is 11.8 Å². The maximum absolute atomic E-state index is 13.9. The quantitative estimate of drug-likeness (QED) is 0.800. The highest BCUT2D eigenvalue weighted by Crippen LogP contribution is 2.34. The van der Waals surface area contributed by atoms with E-state index in [0.29, 0.717) is 37.3 Å². The van der Waals surface area contributed by atoms with Gasteiger partial charge >= 0.3 is 6.18 Å². The summed E-state index contributed by atoms with van der Waals surface area (Å²) < 4.78 is 55.2. The Balaban J connectivity index is 0.00000243. The summed E-state index contributed by atoms with van der Waals surface area (Å²) >= 11 is 0. The molecule has 142 valence electrons. The highest BCUT2D eigenvalue weighted by molar-refractivity contribution is 5.95. The van der Waals surface area contributed by atoms with E-state index in [0.717, 1.165) is 12.3 Å². The average molecular weight is 393 g/mol. The Labute approximate surface area is 153 Å². The molecule has 1 aromatic carbocycles. The van der Waals surface area contributed by atoms with E-state index in [2.05, 4.69) is 10.4 Å². The van der Waals surface area contributed by atoms with Crippen LogP contribution in [0.15, 0.2) is 30.5 Å². The van der Waals surface area contributed by atoms with Crippen LogP contribution in [0.3, 0.4) is 0 Å². The molecule has 1 aliphatic heterocycles. The molecule has 2 aromatic rings. The van der Waals surface area contributed by atoms with Crippen molar-refractivity contribution in [2.24, 2.45) is 0 Å².